The Labute approximate surface area is 133 Å². The highest BCUT2D eigenvalue weighted by molar-refractivity contribution is 5.85. The highest BCUT2D eigenvalue weighted by Gasteiger charge is 2.64. The van der Waals surface area contributed by atoms with Crippen molar-refractivity contribution in [1.29, 1.82) is 0 Å². The fourth-order valence-corrected chi connectivity index (χ4v) is 1.18. The molecule has 0 heterocycles. The van der Waals surface area contributed by atoms with E-state index in [4.69, 9.17) is 0 Å². The summed E-state index contributed by atoms with van der Waals surface area (Å²) < 4.78 is 122. The summed E-state index contributed by atoms with van der Waals surface area (Å²) in [6.07, 6.45) is -12.4. The molecule has 0 atom stereocenters. The van der Waals surface area contributed by atoms with Crippen LogP contribution in [0.1, 0.15) is 13.8 Å². The molecular weight excluding hydrogens is 382 g/mol. The summed E-state index contributed by atoms with van der Waals surface area (Å²) in [6.45, 7) is 0.0563. The predicted molar refractivity (Wildman–Crippen MR) is 61.8 cm³/mol. The van der Waals surface area contributed by atoms with Gasteiger partial charge in [-0.25, -0.2) is 0 Å². The van der Waals surface area contributed by atoms with Crippen LogP contribution in [0.3, 0.4) is 0 Å². The van der Waals surface area contributed by atoms with Crippen molar-refractivity contribution < 1.29 is 53.5 Å². The van der Waals surface area contributed by atoms with Crippen molar-refractivity contribution in [3.8, 4) is 0 Å². The van der Waals surface area contributed by atoms with Gasteiger partial charge in [-0.05, 0) is 5.41 Å². The molecule has 0 bridgehead atoms. The molecule has 2 N–H and O–H groups in total. The van der Waals surface area contributed by atoms with Gasteiger partial charge in [0.15, 0.2) is 0 Å². The smallest absolute Gasteiger partial charge is 0.350 e. The minimum Gasteiger partial charge on any atom is -0.350 e. The maximum Gasteiger partial charge on any atom is 0.463 e. The average molecular weight is 394 g/mol. The van der Waals surface area contributed by atoms with Crippen LogP contribution in [0, 0.1) is 5.41 Å². The van der Waals surface area contributed by atoms with Gasteiger partial charge in [0.1, 0.15) is 0 Å². The molecule has 0 saturated heterocycles. The Balaban J connectivity index is 4.78. The topological polar surface area (TPSA) is 58.2 Å². The van der Waals surface area contributed by atoms with Crippen molar-refractivity contribution in [3.05, 3.63) is 0 Å². The Bertz CT molecular complexity index is 466. The molecule has 0 spiro atoms. The number of carbonyl (C=O) groups excluding carboxylic acids is 2. The second-order valence-electron chi connectivity index (χ2n) is 5.67. The second-order valence-corrected chi connectivity index (χ2v) is 5.67. The van der Waals surface area contributed by atoms with Crippen LogP contribution in [-0.2, 0) is 9.59 Å². The third kappa shape index (κ3) is 5.63. The summed E-state index contributed by atoms with van der Waals surface area (Å²) in [6, 6.07) is 0. The highest BCUT2D eigenvalue weighted by Crippen LogP contribution is 2.36. The summed E-state index contributed by atoms with van der Waals surface area (Å²) in [7, 11) is 0. The molecular formula is C11H12F10N2O2. The Hall–Kier alpha value is -1.76. The van der Waals surface area contributed by atoms with Gasteiger partial charge in [-0.15, -0.1) is 0 Å². The highest BCUT2D eigenvalue weighted by atomic mass is 19.4. The number of rotatable bonds is 6. The van der Waals surface area contributed by atoms with Crippen molar-refractivity contribution >= 4 is 11.8 Å². The largest absolute Gasteiger partial charge is 0.463 e. The first-order valence-electron chi connectivity index (χ1n) is 6.21. The molecule has 0 aliphatic rings. The number of nitrogens with one attached hydrogen (secondary N) is 2. The van der Waals surface area contributed by atoms with E-state index in [1.807, 2.05) is 0 Å². The summed E-state index contributed by atoms with van der Waals surface area (Å²) in [5.74, 6) is -16.9. The van der Waals surface area contributed by atoms with E-state index in [9.17, 15) is 53.5 Å². The fourth-order valence-electron chi connectivity index (χ4n) is 1.18. The molecule has 0 saturated carbocycles. The van der Waals surface area contributed by atoms with Gasteiger partial charge in [-0.1, -0.05) is 13.8 Å². The molecule has 0 aromatic heterocycles. The Kier molecular flexibility index (Phi) is 6.38. The number of alkyl halides is 10. The third-order valence-electron chi connectivity index (χ3n) is 2.74. The van der Waals surface area contributed by atoms with Crippen LogP contribution in [0.4, 0.5) is 43.9 Å². The lowest BCUT2D eigenvalue weighted by Gasteiger charge is -2.28. The van der Waals surface area contributed by atoms with Gasteiger partial charge < -0.3 is 10.6 Å². The van der Waals surface area contributed by atoms with Crippen molar-refractivity contribution in [3.63, 3.8) is 0 Å². The minimum absolute atomic E-state index is 0.977. The summed E-state index contributed by atoms with van der Waals surface area (Å²) >= 11 is 0. The summed E-state index contributed by atoms with van der Waals surface area (Å²) in [5.41, 5.74) is -1.62. The van der Waals surface area contributed by atoms with E-state index in [-0.39, 0.29) is 0 Å². The average Bonchev–Trinajstić information content (AvgIpc) is 2.39. The van der Waals surface area contributed by atoms with Gasteiger partial charge in [0.2, 0.25) is 0 Å². The first kappa shape index (κ1) is 23.2. The van der Waals surface area contributed by atoms with E-state index in [2.05, 4.69) is 0 Å². The third-order valence-corrected chi connectivity index (χ3v) is 2.74. The van der Waals surface area contributed by atoms with Gasteiger partial charge in [-0.3, -0.25) is 9.59 Å². The Morgan fingerprint density at radius 3 is 1.08 bits per heavy atom. The van der Waals surface area contributed by atoms with Crippen LogP contribution in [-0.4, -0.2) is 49.1 Å². The van der Waals surface area contributed by atoms with E-state index in [1.54, 1.807) is 0 Å². The number of hydrogen-bond acceptors (Lipinski definition) is 2. The van der Waals surface area contributed by atoms with Crippen molar-refractivity contribution in [2.24, 2.45) is 5.41 Å². The monoisotopic (exact) mass is 394 g/mol. The molecule has 14 heteroatoms. The molecule has 0 radical (unpaired) electrons. The molecule has 25 heavy (non-hydrogen) atoms. The maximum atomic E-state index is 12.7. The van der Waals surface area contributed by atoms with Crippen LogP contribution in [0.15, 0.2) is 0 Å². The summed E-state index contributed by atoms with van der Waals surface area (Å²) in [4.78, 5) is 21.7. The van der Waals surface area contributed by atoms with Crippen molar-refractivity contribution in [1.82, 2.24) is 10.6 Å². The van der Waals surface area contributed by atoms with E-state index in [0.29, 0.717) is 0 Å². The molecule has 0 rings (SSSR count). The number of amides is 2. The van der Waals surface area contributed by atoms with Gasteiger partial charge in [0, 0.05) is 13.1 Å². The van der Waals surface area contributed by atoms with Crippen LogP contribution >= 0.6 is 0 Å². The molecule has 0 fully saturated rings. The van der Waals surface area contributed by atoms with E-state index in [1.165, 1.54) is 10.6 Å². The predicted octanol–water partition coefficient (Wildman–Crippen LogP) is 2.64. The zero-order valence-corrected chi connectivity index (χ0v) is 12.5. The molecule has 2 amide bonds. The standard InChI is InChI=1S/C11H12F10N2O2/c1-7(2,3-22-5(24)8(12,13)10(16,17)18)4-23-6(25)9(14,15)11(19,20)21/h3-4H2,1-2H3,(H,22,24)(H,23,25). The van der Waals surface area contributed by atoms with Gasteiger partial charge in [-0.2, -0.15) is 43.9 Å². The lowest BCUT2D eigenvalue weighted by atomic mass is 9.93. The molecule has 4 nitrogen and oxygen atoms in total. The van der Waals surface area contributed by atoms with Crippen molar-refractivity contribution in [2.45, 2.75) is 38.0 Å². The fraction of sp³-hybridized carbons (Fsp3) is 0.818. The van der Waals surface area contributed by atoms with Crippen LogP contribution in [0.2, 0.25) is 0 Å². The minimum atomic E-state index is -6.18. The zero-order chi connectivity index (χ0) is 20.5. The molecule has 0 aromatic rings. The molecule has 0 aromatic carbocycles. The molecule has 0 unspecified atom stereocenters. The first-order valence-corrected chi connectivity index (χ1v) is 6.21. The number of carbonyl (C=O) groups is 2. The maximum absolute atomic E-state index is 12.7. The normalized spacial score (nSPS) is 14.2. The number of halogens is 10. The van der Waals surface area contributed by atoms with Gasteiger partial charge >= 0.3 is 24.2 Å². The van der Waals surface area contributed by atoms with Crippen LogP contribution in [0.5, 0.6) is 0 Å². The number of hydrogen-bond donors (Lipinski definition) is 2. The Morgan fingerprint density at radius 1 is 0.640 bits per heavy atom. The Morgan fingerprint density at radius 2 is 0.880 bits per heavy atom. The second kappa shape index (κ2) is 6.86. The van der Waals surface area contributed by atoms with Crippen LogP contribution < -0.4 is 10.6 Å². The molecule has 0 aliphatic carbocycles. The van der Waals surface area contributed by atoms with Gasteiger partial charge in [0.05, 0.1) is 0 Å². The molecule has 148 valence electrons. The first-order chi connectivity index (χ1) is 10.8. The van der Waals surface area contributed by atoms with E-state index < -0.39 is 54.5 Å². The van der Waals surface area contributed by atoms with Crippen LogP contribution in [0.25, 0.3) is 0 Å². The quantitative estimate of drug-likeness (QED) is 0.681. The van der Waals surface area contributed by atoms with Crippen molar-refractivity contribution in [2.75, 3.05) is 13.1 Å². The summed E-state index contributed by atoms with van der Waals surface area (Å²) in [5, 5.41) is 2.39. The molecule has 0 aliphatic heterocycles. The lowest BCUT2D eigenvalue weighted by molar-refractivity contribution is -0.269. The zero-order valence-electron chi connectivity index (χ0n) is 12.5. The SMILES string of the molecule is CC(C)(CNC(=O)C(F)(F)C(F)(F)F)CNC(=O)C(F)(F)C(F)(F)F. The van der Waals surface area contributed by atoms with Gasteiger partial charge in [0.25, 0.3) is 11.8 Å². The lowest BCUT2D eigenvalue weighted by Crippen LogP contribution is -2.55. The van der Waals surface area contributed by atoms with E-state index >= 15 is 0 Å². The van der Waals surface area contributed by atoms with E-state index in [0.717, 1.165) is 13.8 Å².